The molecule has 0 heterocycles. The molecule has 2 nitrogen and oxygen atoms in total. The average Bonchev–Trinajstić information content (AvgIpc) is 2.10. The van der Waals surface area contributed by atoms with Gasteiger partial charge in [-0.15, -0.1) is 0 Å². The molecule has 12 heavy (non-hydrogen) atoms. The highest BCUT2D eigenvalue weighted by Crippen LogP contribution is 2.07. The zero-order chi connectivity index (χ0) is 9.07. The first-order valence-electron chi connectivity index (χ1n) is 5.13. The molecule has 0 amide bonds. The quantitative estimate of drug-likeness (QED) is 0.258. The Hall–Kier alpha value is -0.530. The Kier molecular flexibility index (Phi) is 10.0. The molecular formula is C10H22N2. The van der Waals surface area contributed by atoms with Gasteiger partial charge >= 0.3 is 0 Å². The van der Waals surface area contributed by atoms with Crippen molar-refractivity contribution in [2.45, 2.75) is 58.3 Å². The standard InChI is InChI=1S/C10H22N2/c1-2-3-4-5-6-7-8-9-10-12-11/h10H,2-9,11H2,1H3/b12-10+. The Bertz CT molecular complexity index is 100. The van der Waals surface area contributed by atoms with Crippen LogP contribution in [0.5, 0.6) is 0 Å². The van der Waals surface area contributed by atoms with Gasteiger partial charge in [-0.2, -0.15) is 5.10 Å². The topological polar surface area (TPSA) is 38.4 Å². The third-order valence-corrected chi connectivity index (χ3v) is 2.04. The van der Waals surface area contributed by atoms with Crippen molar-refractivity contribution in [1.82, 2.24) is 0 Å². The van der Waals surface area contributed by atoms with E-state index in [-0.39, 0.29) is 0 Å². The maximum Gasteiger partial charge on any atom is 0.0240 e. The molecule has 0 fully saturated rings. The molecule has 72 valence electrons. The van der Waals surface area contributed by atoms with Gasteiger partial charge in [0, 0.05) is 6.21 Å². The molecule has 0 rings (SSSR count). The molecular weight excluding hydrogens is 148 g/mol. The molecule has 0 aromatic heterocycles. The van der Waals surface area contributed by atoms with E-state index in [0.717, 1.165) is 6.42 Å². The Morgan fingerprint density at radius 1 is 1.00 bits per heavy atom. The summed E-state index contributed by atoms with van der Waals surface area (Å²) in [5.74, 6) is 4.98. The van der Waals surface area contributed by atoms with Crippen LogP contribution in [0.2, 0.25) is 0 Å². The van der Waals surface area contributed by atoms with Crippen molar-refractivity contribution < 1.29 is 0 Å². The van der Waals surface area contributed by atoms with Gasteiger partial charge in [0.1, 0.15) is 0 Å². The molecule has 0 radical (unpaired) electrons. The molecule has 0 aromatic carbocycles. The van der Waals surface area contributed by atoms with Crippen LogP contribution in [0.25, 0.3) is 0 Å². The molecule has 0 aliphatic heterocycles. The minimum atomic E-state index is 1.05. The molecule has 0 unspecified atom stereocenters. The lowest BCUT2D eigenvalue weighted by Gasteiger charge is -1.98. The van der Waals surface area contributed by atoms with Crippen LogP contribution < -0.4 is 5.84 Å². The number of hydrogen-bond donors (Lipinski definition) is 1. The number of unbranched alkanes of at least 4 members (excludes halogenated alkanes) is 7. The Morgan fingerprint density at radius 3 is 2.17 bits per heavy atom. The fourth-order valence-electron chi connectivity index (χ4n) is 1.27. The van der Waals surface area contributed by atoms with E-state index in [0.29, 0.717) is 0 Å². The van der Waals surface area contributed by atoms with Crippen LogP contribution in [0.1, 0.15) is 58.3 Å². The summed E-state index contributed by atoms with van der Waals surface area (Å²) >= 11 is 0. The number of rotatable bonds is 8. The first-order chi connectivity index (χ1) is 5.91. The van der Waals surface area contributed by atoms with Crippen molar-refractivity contribution in [3.63, 3.8) is 0 Å². The zero-order valence-corrected chi connectivity index (χ0v) is 8.26. The molecule has 0 aliphatic rings. The zero-order valence-electron chi connectivity index (χ0n) is 8.26. The maximum absolute atomic E-state index is 4.98. The number of nitrogens with zero attached hydrogens (tertiary/aromatic N) is 1. The average molecular weight is 170 g/mol. The van der Waals surface area contributed by atoms with Crippen LogP contribution >= 0.6 is 0 Å². The highest BCUT2D eigenvalue weighted by molar-refractivity contribution is 5.56. The van der Waals surface area contributed by atoms with Crippen LogP contribution in [0.4, 0.5) is 0 Å². The summed E-state index contributed by atoms with van der Waals surface area (Å²) in [6, 6.07) is 0. The fraction of sp³-hybridized carbons (Fsp3) is 0.900. The highest BCUT2D eigenvalue weighted by Gasteiger charge is 1.88. The number of nitrogens with two attached hydrogens (primary N) is 1. The van der Waals surface area contributed by atoms with Crippen molar-refractivity contribution in [2.75, 3.05) is 0 Å². The molecule has 0 saturated heterocycles. The van der Waals surface area contributed by atoms with Gasteiger partial charge in [-0.3, -0.25) is 0 Å². The number of hydrazone groups is 1. The normalized spacial score (nSPS) is 11.1. The van der Waals surface area contributed by atoms with Gasteiger partial charge < -0.3 is 5.84 Å². The van der Waals surface area contributed by atoms with Crippen LogP contribution in [-0.4, -0.2) is 6.21 Å². The van der Waals surface area contributed by atoms with Crippen molar-refractivity contribution in [3.8, 4) is 0 Å². The second-order valence-electron chi connectivity index (χ2n) is 3.24. The van der Waals surface area contributed by atoms with Crippen LogP contribution in [0.15, 0.2) is 5.10 Å². The second kappa shape index (κ2) is 10.5. The summed E-state index contributed by atoms with van der Waals surface area (Å²) in [4.78, 5) is 0. The van der Waals surface area contributed by atoms with Crippen LogP contribution in [-0.2, 0) is 0 Å². The third-order valence-electron chi connectivity index (χ3n) is 2.04. The second-order valence-corrected chi connectivity index (χ2v) is 3.24. The van der Waals surface area contributed by atoms with Gasteiger partial charge in [0.05, 0.1) is 0 Å². The van der Waals surface area contributed by atoms with E-state index in [2.05, 4.69) is 12.0 Å². The molecule has 2 heteroatoms. The molecule has 0 aromatic rings. The predicted octanol–water partition coefficient (Wildman–Crippen LogP) is 3.07. The Labute approximate surface area is 76.2 Å². The summed E-state index contributed by atoms with van der Waals surface area (Å²) in [5.41, 5.74) is 0. The van der Waals surface area contributed by atoms with E-state index < -0.39 is 0 Å². The number of hydrogen-bond acceptors (Lipinski definition) is 2. The SMILES string of the molecule is CCCCCCCCC/C=N/N. The van der Waals surface area contributed by atoms with Crippen molar-refractivity contribution in [2.24, 2.45) is 10.9 Å². The van der Waals surface area contributed by atoms with Crippen LogP contribution in [0.3, 0.4) is 0 Å². The first-order valence-corrected chi connectivity index (χ1v) is 5.13. The van der Waals surface area contributed by atoms with Gasteiger partial charge in [-0.05, 0) is 12.8 Å². The molecule has 0 saturated carbocycles. The molecule has 0 atom stereocenters. The van der Waals surface area contributed by atoms with E-state index in [1.807, 2.05) is 0 Å². The Morgan fingerprint density at radius 2 is 1.58 bits per heavy atom. The van der Waals surface area contributed by atoms with E-state index in [4.69, 9.17) is 5.84 Å². The largest absolute Gasteiger partial charge is 0.324 e. The minimum Gasteiger partial charge on any atom is -0.324 e. The van der Waals surface area contributed by atoms with Gasteiger partial charge in [0.25, 0.3) is 0 Å². The summed E-state index contributed by atoms with van der Waals surface area (Å²) in [5, 5.41) is 3.46. The molecule has 0 aliphatic carbocycles. The Balaban J connectivity index is 2.81. The smallest absolute Gasteiger partial charge is 0.0240 e. The van der Waals surface area contributed by atoms with E-state index in [9.17, 15) is 0 Å². The van der Waals surface area contributed by atoms with Crippen molar-refractivity contribution in [1.29, 1.82) is 0 Å². The maximum atomic E-state index is 4.98. The summed E-state index contributed by atoms with van der Waals surface area (Å²) < 4.78 is 0. The molecule has 2 N–H and O–H groups in total. The van der Waals surface area contributed by atoms with Gasteiger partial charge in [0.15, 0.2) is 0 Å². The molecule has 0 spiro atoms. The van der Waals surface area contributed by atoms with Gasteiger partial charge in [-0.1, -0.05) is 45.4 Å². The van der Waals surface area contributed by atoms with Crippen molar-refractivity contribution in [3.05, 3.63) is 0 Å². The molecule has 0 bridgehead atoms. The minimum absolute atomic E-state index is 1.05. The van der Waals surface area contributed by atoms with E-state index in [1.165, 1.54) is 44.9 Å². The van der Waals surface area contributed by atoms with Crippen LogP contribution in [0, 0.1) is 0 Å². The predicted molar refractivity (Wildman–Crippen MR) is 55.3 cm³/mol. The van der Waals surface area contributed by atoms with Gasteiger partial charge in [0.2, 0.25) is 0 Å². The van der Waals surface area contributed by atoms with E-state index in [1.54, 1.807) is 6.21 Å². The monoisotopic (exact) mass is 170 g/mol. The lowest BCUT2D eigenvalue weighted by molar-refractivity contribution is 0.596. The lowest BCUT2D eigenvalue weighted by atomic mass is 10.1. The summed E-state index contributed by atoms with van der Waals surface area (Å²) in [6.07, 6.45) is 12.3. The highest BCUT2D eigenvalue weighted by atomic mass is 15.1. The van der Waals surface area contributed by atoms with Crippen molar-refractivity contribution >= 4 is 6.21 Å². The van der Waals surface area contributed by atoms with E-state index >= 15 is 0 Å². The van der Waals surface area contributed by atoms with Gasteiger partial charge in [-0.25, -0.2) is 0 Å². The third kappa shape index (κ3) is 9.47. The fourth-order valence-corrected chi connectivity index (χ4v) is 1.27. The first kappa shape index (κ1) is 11.5. The lowest BCUT2D eigenvalue weighted by Crippen LogP contribution is -1.84. The summed E-state index contributed by atoms with van der Waals surface area (Å²) in [7, 11) is 0. The summed E-state index contributed by atoms with van der Waals surface area (Å²) in [6.45, 7) is 2.25.